The number of nitrogens with zero attached hydrogens (tertiary/aromatic N) is 1. The van der Waals surface area contributed by atoms with Gasteiger partial charge in [0.1, 0.15) is 0 Å². The molecule has 0 aliphatic carbocycles. The fraction of sp³-hybridized carbons (Fsp3) is 0.846. The Hall–Kier alpha value is -0.380. The molecule has 1 heterocycles. The van der Waals surface area contributed by atoms with Crippen LogP contribution in [0.3, 0.4) is 0 Å². The molecule has 1 atom stereocenters. The Balaban J connectivity index is 3.21. The van der Waals surface area contributed by atoms with E-state index in [1.807, 2.05) is 0 Å². The van der Waals surface area contributed by atoms with E-state index in [2.05, 4.69) is 43.6 Å². The monoisotopic (exact) mass is 303 g/mol. The SMILES string of the molecule is CC(Br)C(=O)N1C(=O)CCC1(C(C)C)C(C)C. The van der Waals surface area contributed by atoms with Crippen LogP contribution in [0.25, 0.3) is 0 Å². The first-order valence-corrected chi connectivity index (χ1v) is 7.17. The van der Waals surface area contributed by atoms with Gasteiger partial charge in [0, 0.05) is 6.42 Å². The van der Waals surface area contributed by atoms with Crippen LogP contribution in [0, 0.1) is 11.8 Å². The van der Waals surface area contributed by atoms with Gasteiger partial charge in [-0.05, 0) is 25.2 Å². The Morgan fingerprint density at radius 3 is 2.06 bits per heavy atom. The second-order valence-electron chi connectivity index (χ2n) is 5.48. The smallest absolute Gasteiger partial charge is 0.243 e. The maximum absolute atomic E-state index is 12.2. The summed E-state index contributed by atoms with van der Waals surface area (Å²) in [7, 11) is 0. The molecule has 0 aromatic rings. The van der Waals surface area contributed by atoms with E-state index in [0.717, 1.165) is 6.42 Å². The minimum atomic E-state index is -0.309. The van der Waals surface area contributed by atoms with Crippen LogP contribution in [0.2, 0.25) is 0 Å². The third kappa shape index (κ3) is 2.28. The summed E-state index contributed by atoms with van der Waals surface area (Å²) in [6.45, 7) is 10.2. The third-order valence-corrected chi connectivity index (χ3v) is 4.36. The number of amides is 2. The molecule has 17 heavy (non-hydrogen) atoms. The summed E-state index contributed by atoms with van der Waals surface area (Å²) in [4.78, 5) is 25.5. The number of alkyl halides is 1. The van der Waals surface area contributed by atoms with Gasteiger partial charge in [-0.1, -0.05) is 43.6 Å². The molecule has 1 fully saturated rings. The van der Waals surface area contributed by atoms with Gasteiger partial charge in [0.05, 0.1) is 10.4 Å². The topological polar surface area (TPSA) is 37.4 Å². The van der Waals surface area contributed by atoms with Crippen LogP contribution in [0.4, 0.5) is 0 Å². The number of likely N-dealkylation sites (tertiary alicyclic amines) is 1. The summed E-state index contributed by atoms with van der Waals surface area (Å²) in [6, 6.07) is 0. The first-order valence-electron chi connectivity index (χ1n) is 6.26. The first kappa shape index (κ1) is 14.7. The van der Waals surface area contributed by atoms with Crippen LogP contribution in [0.1, 0.15) is 47.5 Å². The summed E-state index contributed by atoms with van der Waals surface area (Å²) in [5, 5.41) is 0. The fourth-order valence-electron chi connectivity index (χ4n) is 3.03. The van der Waals surface area contributed by atoms with Crippen molar-refractivity contribution in [3.8, 4) is 0 Å². The molecule has 0 spiro atoms. The van der Waals surface area contributed by atoms with Gasteiger partial charge in [-0.15, -0.1) is 0 Å². The highest BCUT2D eigenvalue weighted by Gasteiger charge is 2.52. The number of carbonyl (C=O) groups excluding carboxylic acids is 2. The van der Waals surface area contributed by atoms with Crippen molar-refractivity contribution >= 4 is 27.7 Å². The molecule has 0 N–H and O–H groups in total. The predicted molar refractivity (Wildman–Crippen MR) is 71.9 cm³/mol. The summed E-state index contributed by atoms with van der Waals surface area (Å²) < 4.78 is 0. The number of imide groups is 1. The van der Waals surface area contributed by atoms with E-state index in [0.29, 0.717) is 6.42 Å². The molecular weight excluding hydrogens is 282 g/mol. The second-order valence-corrected chi connectivity index (χ2v) is 6.86. The highest BCUT2D eigenvalue weighted by atomic mass is 79.9. The number of hydrogen-bond acceptors (Lipinski definition) is 2. The minimum Gasteiger partial charge on any atom is -0.275 e. The number of hydrogen-bond donors (Lipinski definition) is 0. The Bertz CT molecular complexity index is 315. The zero-order valence-corrected chi connectivity index (χ0v) is 12.9. The van der Waals surface area contributed by atoms with E-state index in [9.17, 15) is 9.59 Å². The zero-order valence-electron chi connectivity index (χ0n) is 11.3. The Labute approximate surface area is 112 Å². The average molecular weight is 304 g/mol. The van der Waals surface area contributed by atoms with E-state index in [1.165, 1.54) is 4.90 Å². The van der Waals surface area contributed by atoms with Crippen molar-refractivity contribution in [3.05, 3.63) is 0 Å². The molecule has 2 amide bonds. The molecule has 1 saturated heterocycles. The maximum Gasteiger partial charge on any atom is 0.243 e. The maximum atomic E-state index is 12.2. The molecule has 98 valence electrons. The quantitative estimate of drug-likeness (QED) is 0.752. The van der Waals surface area contributed by atoms with Gasteiger partial charge in [-0.2, -0.15) is 0 Å². The molecule has 1 aliphatic heterocycles. The number of halogens is 1. The lowest BCUT2D eigenvalue weighted by molar-refractivity contribution is -0.150. The van der Waals surface area contributed by atoms with Crippen molar-refractivity contribution in [2.45, 2.75) is 57.8 Å². The number of rotatable bonds is 3. The molecule has 1 aliphatic rings. The highest BCUT2D eigenvalue weighted by molar-refractivity contribution is 9.10. The first-order chi connectivity index (χ1) is 7.75. The lowest BCUT2D eigenvalue weighted by Gasteiger charge is -2.44. The van der Waals surface area contributed by atoms with E-state index in [-0.39, 0.29) is 34.0 Å². The van der Waals surface area contributed by atoms with Crippen molar-refractivity contribution in [3.63, 3.8) is 0 Å². The molecule has 1 rings (SSSR count). The van der Waals surface area contributed by atoms with Gasteiger partial charge in [0.2, 0.25) is 11.8 Å². The van der Waals surface area contributed by atoms with Crippen molar-refractivity contribution < 1.29 is 9.59 Å². The molecule has 1 unspecified atom stereocenters. The second kappa shape index (κ2) is 5.09. The van der Waals surface area contributed by atoms with Crippen molar-refractivity contribution in [2.75, 3.05) is 0 Å². The van der Waals surface area contributed by atoms with E-state index >= 15 is 0 Å². The normalized spacial score (nSPS) is 21.4. The summed E-state index contributed by atoms with van der Waals surface area (Å²) in [5.41, 5.74) is -0.309. The lowest BCUT2D eigenvalue weighted by Crippen LogP contribution is -2.57. The predicted octanol–water partition coefficient (Wildman–Crippen LogP) is 2.97. The van der Waals surface area contributed by atoms with E-state index in [4.69, 9.17) is 0 Å². The molecule has 0 saturated carbocycles. The van der Waals surface area contributed by atoms with Gasteiger partial charge in [-0.25, -0.2) is 0 Å². The lowest BCUT2D eigenvalue weighted by atomic mass is 9.75. The van der Waals surface area contributed by atoms with Crippen LogP contribution in [0.15, 0.2) is 0 Å². The van der Waals surface area contributed by atoms with Crippen molar-refractivity contribution in [1.29, 1.82) is 0 Å². The standard InChI is InChI=1S/C13H22BrNO2/c1-8(2)13(9(3)4)7-6-11(16)15(13)12(17)10(5)14/h8-10H,6-7H2,1-5H3. The molecule has 3 nitrogen and oxygen atoms in total. The van der Waals surface area contributed by atoms with Crippen molar-refractivity contribution in [1.82, 2.24) is 4.90 Å². The Kier molecular flexibility index (Phi) is 4.39. The van der Waals surface area contributed by atoms with E-state index < -0.39 is 0 Å². The molecular formula is C13H22BrNO2. The van der Waals surface area contributed by atoms with Crippen molar-refractivity contribution in [2.24, 2.45) is 11.8 Å². The molecule has 0 bridgehead atoms. The van der Waals surface area contributed by atoms with Gasteiger partial charge in [-0.3, -0.25) is 14.5 Å². The van der Waals surface area contributed by atoms with Crippen LogP contribution >= 0.6 is 15.9 Å². The molecule has 0 aromatic carbocycles. The Morgan fingerprint density at radius 2 is 1.71 bits per heavy atom. The van der Waals surface area contributed by atoms with Gasteiger partial charge >= 0.3 is 0 Å². The van der Waals surface area contributed by atoms with Gasteiger partial charge < -0.3 is 0 Å². The summed E-state index contributed by atoms with van der Waals surface area (Å²) >= 11 is 3.28. The van der Waals surface area contributed by atoms with Crippen LogP contribution < -0.4 is 0 Å². The zero-order chi connectivity index (χ0) is 13.4. The average Bonchev–Trinajstić information content (AvgIpc) is 2.55. The molecule has 0 radical (unpaired) electrons. The summed E-state index contributed by atoms with van der Waals surface area (Å²) in [6.07, 6.45) is 1.27. The van der Waals surface area contributed by atoms with Crippen LogP contribution in [-0.2, 0) is 9.59 Å². The number of carbonyl (C=O) groups is 2. The fourth-order valence-corrected chi connectivity index (χ4v) is 3.23. The molecule has 0 aromatic heterocycles. The van der Waals surface area contributed by atoms with Gasteiger partial charge in [0.15, 0.2) is 0 Å². The molecule has 4 heteroatoms. The minimum absolute atomic E-state index is 0.0244. The van der Waals surface area contributed by atoms with Gasteiger partial charge in [0.25, 0.3) is 0 Å². The van der Waals surface area contributed by atoms with Crippen LogP contribution in [0.5, 0.6) is 0 Å². The largest absolute Gasteiger partial charge is 0.275 e. The third-order valence-electron chi connectivity index (χ3n) is 3.97. The summed E-state index contributed by atoms with van der Waals surface area (Å²) in [5.74, 6) is 0.437. The highest BCUT2D eigenvalue weighted by Crippen LogP contribution is 2.43. The van der Waals surface area contributed by atoms with Crippen LogP contribution in [-0.4, -0.2) is 27.1 Å². The van der Waals surface area contributed by atoms with E-state index in [1.54, 1.807) is 6.92 Å². The Morgan fingerprint density at radius 1 is 1.24 bits per heavy atom.